The van der Waals surface area contributed by atoms with Gasteiger partial charge >= 0.3 is 0 Å². The molecule has 3 atom stereocenters. The molecule has 5 heterocycles. The molecule has 37 heavy (non-hydrogen) atoms. The normalized spacial score (nSPS) is 24.4. The second-order valence-electron chi connectivity index (χ2n) is 9.09. The fourth-order valence-electron chi connectivity index (χ4n) is 4.89. The molecule has 4 aromatic rings. The molecule has 4 aromatic heterocycles. The van der Waals surface area contributed by atoms with Crippen LogP contribution in [0.2, 0.25) is 0 Å². The Morgan fingerprint density at radius 2 is 2.14 bits per heavy atom. The van der Waals surface area contributed by atoms with Crippen LogP contribution in [0.15, 0.2) is 52.6 Å². The largest absolute Gasteiger partial charge is 0.467 e. The van der Waals surface area contributed by atoms with Crippen molar-refractivity contribution >= 4 is 39.5 Å². The van der Waals surface area contributed by atoms with Gasteiger partial charge in [0.15, 0.2) is 17.6 Å². The summed E-state index contributed by atoms with van der Waals surface area (Å²) in [7, 11) is 1.65. The van der Waals surface area contributed by atoms with Gasteiger partial charge < -0.3 is 24.9 Å². The third kappa shape index (κ3) is 4.23. The Kier molecular flexibility index (Phi) is 5.68. The Morgan fingerprint density at radius 3 is 2.95 bits per heavy atom. The van der Waals surface area contributed by atoms with E-state index in [9.17, 15) is 0 Å². The molecule has 1 fully saturated rings. The SMILES string of the molecule is COC[C@]12C[C@H]1[C@](C)(c1cc(Nc3nccc4nc(OCc5ncco5)cnc34)cnc1F)N=C(N)S2. The average Bonchev–Trinajstić information content (AvgIpc) is 3.36. The van der Waals surface area contributed by atoms with Crippen LogP contribution in [0, 0.1) is 11.9 Å². The molecule has 1 aliphatic heterocycles. The summed E-state index contributed by atoms with van der Waals surface area (Å²) in [6, 6.07) is 3.42. The molecular weight excluding hydrogens is 499 g/mol. The summed E-state index contributed by atoms with van der Waals surface area (Å²) >= 11 is 1.50. The lowest BCUT2D eigenvalue weighted by molar-refractivity contribution is 0.184. The number of rotatable bonds is 8. The van der Waals surface area contributed by atoms with Crippen LogP contribution in [0.25, 0.3) is 11.0 Å². The van der Waals surface area contributed by atoms with Crippen molar-refractivity contribution in [3.63, 3.8) is 0 Å². The molecule has 11 nitrogen and oxygen atoms in total. The van der Waals surface area contributed by atoms with E-state index in [4.69, 9.17) is 19.6 Å². The Hall–Kier alpha value is -3.84. The highest BCUT2D eigenvalue weighted by Crippen LogP contribution is 2.65. The van der Waals surface area contributed by atoms with Crippen LogP contribution in [-0.4, -0.2) is 48.6 Å². The fraction of sp³-hybridized carbons (Fsp3) is 0.333. The lowest BCUT2D eigenvalue weighted by atomic mass is 9.86. The number of amidine groups is 1. The van der Waals surface area contributed by atoms with Crippen molar-refractivity contribution in [2.24, 2.45) is 16.6 Å². The van der Waals surface area contributed by atoms with E-state index in [0.29, 0.717) is 51.6 Å². The van der Waals surface area contributed by atoms with Crippen molar-refractivity contribution in [3.05, 3.63) is 60.6 Å². The molecule has 0 unspecified atom stereocenters. The molecule has 0 saturated heterocycles. The molecule has 3 N–H and O–H groups in total. The third-order valence-corrected chi connectivity index (χ3v) is 7.93. The predicted molar refractivity (Wildman–Crippen MR) is 135 cm³/mol. The van der Waals surface area contributed by atoms with E-state index in [1.54, 1.807) is 31.6 Å². The highest BCUT2D eigenvalue weighted by Gasteiger charge is 2.66. The van der Waals surface area contributed by atoms with Gasteiger partial charge in [-0.1, -0.05) is 11.8 Å². The van der Waals surface area contributed by atoms with Gasteiger partial charge in [-0.15, -0.1) is 0 Å². The van der Waals surface area contributed by atoms with Gasteiger partial charge in [0, 0.05) is 24.8 Å². The number of fused-ring (bicyclic) bond motifs is 2. The van der Waals surface area contributed by atoms with Crippen molar-refractivity contribution in [2.45, 2.75) is 30.2 Å². The number of nitrogens with two attached hydrogens (primary N) is 1. The van der Waals surface area contributed by atoms with Crippen LogP contribution in [0.3, 0.4) is 0 Å². The summed E-state index contributed by atoms with van der Waals surface area (Å²) in [6.07, 6.45) is 8.34. The zero-order valence-corrected chi connectivity index (χ0v) is 20.8. The van der Waals surface area contributed by atoms with E-state index in [2.05, 4.69) is 35.2 Å². The summed E-state index contributed by atoms with van der Waals surface area (Å²) < 4.78 is 31.1. The molecule has 6 rings (SSSR count). The van der Waals surface area contributed by atoms with Crippen LogP contribution in [0.4, 0.5) is 15.9 Å². The van der Waals surface area contributed by atoms with E-state index in [1.165, 1.54) is 30.4 Å². The number of thioether (sulfide) groups is 1. The number of pyridine rings is 2. The molecule has 1 saturated carbocycles. The molecule has 0 radical (unpaired) electrons. The van der Waals surface area contributed by atoms with Crippen LogP contribution >= 0.6 is 11.8 Å². The molecule has 0 spiro atoms. The molecular formula is C24H23FN8O3S. The van der Waals surface area contributed by atoms with Gasteiger partial charge in [0.2, 0.25) is 17.7 Å². The van der Waals surface area contributed by atoms with Crippen molar-refractivity contribution in [3.8, 4) is 5.88 Å². The summed E-state index contributed by atoms with van der Waals surface area (Å²) in [6.45, 7) is 2.54. The molecule has 13 heteroatoms. The van der Waals surface area contributed by atoms with Gasteiger partial charge in [0.05, 0.1) is 46.7 Å². The maximum Gasteiger partial charge on any atom is 0.233 e. The van der Waals surface area contributed by atoms with E-state index < -0.39 is 11.5 Å². The first-order valence-corrected chi connectivity index (χ1v) is 12.3. The Bertz CT molecular complexity index is 1500. The highest BCUT2D eigenvalue weighted by atomic mass is 32.2. The smallest absolute Gasteiger partial charge is 0.233 e. The Morgan fingerprint density at radius 1 is 1.24 bits per heavy atom. The molecule has 0 bridgehead atoms. The summed E-state index contributed by atoms with van der Waals surface area (Å²) in [5.74, 6) is 0.668. The second kappa shape index (κ2) is 8.92. The van der Waals surface area contributed by atoms with Gasteiger partial charge in [-0.2, -0.15) is 4.39 Å². The number of methoxy groups -OCH3 is 1. The van der Waals surface area contributed by atoms with Crippen molar-refractivity contribution in [1.82, 2.24) is 24.9 Å². The molecule has 190 valence electrons. The second-order valence-corrected chi connectivity index (χ2v) is 10.5. The topological polar surface area (TPSA) is 146 Å². The third-order valence-electron chi connectivity index (χ3n) is 6.65. The zero-order chi connectivity index (χ0) is 25.6. The number of halogens is 1. The van der Waals surface area contributed by atoms with Gasteiger partial charge in [-0.25, -0.2) is 24.9 Å². The van der Waals surface area contributed by atoms with Crippen molar-refractivity contribution in [2.75, 3.05) is 19.0 Å². The van der Waals surface area contributed by atoms with E-state index >= 15 is 4.39 Å². The van der Waals surface area contributed by atoms with E-state index in [-0.39, 0.29) is 17.3 Å². The number of nitrogens with one attached hydrogen (secondary N) is 1. The number of hydrogen-bond acceptors (Lipinski definition) is 12. The molecule has 0 amide bonds. The van der Waals surface area contributed by atoms with Crippen LogP contribution < -0.4 is 15.8 Å². The predicted octanol–water partition coefficient (Wildman–Crippen LogP) is 3.55. The quantitative estimate of drug-likeness (QED) is 0.327. The molecule has 0 aromatic carbocycles. The number of oxazole rings is 1. The van der Waals surface area contributed by atoms with Gasteiger partial charge in [-0.05, 0) is 25.5 Å². The first kappa shape index (κ1) is 23.6. The van der Waals surface area contributed by atoms with Gasteiger partial charge in [0.1, 0.15) is 11.8 Å². The summed E-state index contributed by atoms with van der Waals surface area (Å²) in [5.41, 5.74) is 7.27. The van der Waals surface area contributed by atoms with Gasteiger partial charge in [0.25, 0.3) is 0 Å². The first-order chi connectivity index (χ1) is 17.9. The van der Waals surface area contributed by atoms with E-state index in [1.807, 2.05) is 6.92 Å². The number of ether oxygens (including phenoxy) is 2. The van der Waals surface area contributed by atoms with Crippen LogP contribution in [-0.2, 0) is 16.9 Å². The molecule has 1 aliphatic carbocycles. The van der Waals surface area contributed by atoms with Crippen molar-refractivity contribution in [1.29, 1.82) is 0 Å². The average molecular weight is 523 g/mol. The Labute approximate surface area is 215 Å². The van der Waals surface area contributed by atoms with Crippen molar-refractivity contribution < 1.29 is 18.3 Å². The maximum absolute atomic E-state index is 15.1. The highest BCUT2D eigenvalue weighted by molar-refractivity contribution is 8.15. The number of nitrogens with zero attached hydrogens (tertiary/aromatic N) is 6. The maximum atomic E-state index is 15.1. The lowest BCUT2D eigenvalue weighted by Crippen LogP contribution is -2.37. The first-order valence-electron chi connectivity index (χ1n) is 11.5. The number of anilines is 2. The van der Waals surface area contributed by atoms with Crippen LogP contribution in [0.1, 0.15) is 24.8 Å². The number of aliphatic imine (C=N–C) groups is 1. The summed E-state index contributed by atoms with van der Waals surface area (Å²) in [4.78, 5) is 26.1. The minimum atomic E-state index is -0.871. The Balaban J connectivity index is 1.28. The standard InChI is InChI=1S/C24H23FN8O3S/c1-23(16-8-24(16,12-34-2)37-22(26)33-23)14-7-13(9-30-20(14)25)31-21-19-15(3-4-28-21)32-17(10-29-19)36-11-18-27-5-6-35-18/h3-7,9-10,16H,8,11-12H2,1-2H3,(H2,26,33)(H,28,31)/t16-,23-,24+/m0/s1. The zero-order valence-electron chi connectivity index (χ0n) is 20.0. The lowest BCUT2D eigenvalue weighted by Gasteiger charge is -2.33. The summed E-state index contributed by atoms with van der Waals surface area (Å²) in [5, 5.41) is 3.62. The minimum absolute atomic E-state index is 0.0696. The van der Waals surface area contributed by atoms with Gasteiger partial charge in [-0.3, -0.25) is 4.99 Å². The number of hydrogen-bond donors (Lipinski definition) is 2. The fourth-order valence-corrected chi connectivity index (χ4v) is 6.34. The molecule has 2 aliphatic rings. The van der Waals surface area contributed by atoms with Crippen LogP contribution in [0.5, 0.6) is 5.88 Å². The monoisotopic (exact) mass is 522 g/mol. The minimum Gasteiger partial charge on any atom is -0.467 e. The number of aromatic nitrogens is 5. The van der Waals surface area contributed by atoms with E-state index in [0.717, 1.165) is 6.42 Å².